The molecule has 3 heteroatoms. The number of hydrogen-bond acceptors (Lipinski definition) is 3. The van der Waals surface area contributed by atoms with Crippen molar-refractivity contribution in [1.29, 1.82) is 0 Å². The Labute approximate surface area is 104 Å². The van der Waals surface area contributed by atoms with Crippen molar-refractivity contribution in [2.24, 2.45) is 5.73 Å². The van der Waals surface area contributed by atoms with Crippen molar-refractivity contribution < 1.29 is 9.47 Å². The maximum absolute atomic E-state index is 5.71. The second-order valence-electron chi connectivity index (χ2n) is 3.95. The van der Waals surface area contributed by atoms with E-state index in [1.807, 2.05) is 19.1 Å². The van der Waals surface area contributed by atoms with E-state index in [0.717, 1.165) is 37.4 Å². The molecule has 1 aromatic carbocycles. The smallest absolute Gasteiger partial charge is 0.161 e. The second-order valence-corrected chi connectivity index (χ2v) is 3.95. The summed E-state index contributed by atoms with van der Waals surface area (Å²) in [5.74, 6) is 1.66. The number of hydrogen-bond donors (Lipinski definition) is 1. The molecule has 17 heavy (non-hydrogen) atoms. The van der Waals surface area contributed by atoms with Crippen LogP contribution in [0.1, 0.15) is 32.3 Å². The van der Waals surface area contributed by atoms with Gasteiger partial charge in [-0.05, 0) is 44.0 Å². The molecule has 96 valence electrons. The monoisotopic (exact) mass is 237 g/mol. The Morgan fingerprint density at radius 1 is 1.12 bits per heavy atom. The lowest BCUT2D eigenvalue weighted by Gasteiger charge is -2.13. The van der Waals surface area contributed by atoms with Crippen LogP contribution in [-0.4, -0.2) is 19.8 Å². The van der Waals surface area contributed by atoms with Gasteiger partial charge in [0.05, 0.1) is 13.2 Å². The van der Waals surface area contributed by atoms with Gasteiger partial charge >= 0.3 is 0 Å². The fourth-order valence-corrected chi connectivity index (χ4v) is 1.59. The highest BCUT2D eigenvalue weighted by molar-refractivity contribution is 5.43. The van der Waals surface area contributed by atoms with Crippen LogP contribution >= 0.6 is 0 Å². The summed E-state index contributed by atoms with van der Waals surface area (Å²) in [5, 5.41) is 0. The van der Waals surface area contributed by atoms with Crippen LogP contribution in [0, 0.1) is 0 Å². The van der Waals surface area contributed by atoms with Crippen LogP contribution in [0.25, 0.3) is 0 Å². The van der Waals surface area contributed by atoms with Crippen molar-refractivity contribution in [2.75, 3.05) is 19.8 Å². The van der Waals surface area contributed by atoms with E-state index in [4.69, 9.17) is 15.2 Å². The molecule has 1 rings (SSSR count). The van der Waals surface area contributed by atoms with E-state index >= 15 is 0 Å². The van der Waals surface area contributed by atoms with Crippen LogP contribution < -0.4 is 15.2 Å². The molecule has 1 aromatic rings. The lowest BCUT2D eigenvalue weighted by atomic mass is 10.1. The molecule has 0 radical (unpaired) electrons. The molecule has 0 aliphatic rings. The molecular formula is C14H23NO2. The number of unbranched alkanes of at least 4 members (excludes halogenated alkanes) is 1. The Morgan fingerprint density at radius 3 is 2.59 bits per heavy atom. The zero-order valence-electron chi connectivity index (χ0n) is 10.9. The van der Waals surface area contributed by atoms with Crippen molar-refractivity contribution in [2.45, 2.75) is 33.1 Å². The maximum atomic E-state index is 5.71. The molecule has 0 heterocycles. The van der Waals surface area contributed by atoms with Gasteiger partial charge < -0.3 is 15.2 Å². The summed E-state index contributed by atoms with van der Waals surface area (Å²) in [6.07, 6.45) is 3.07. The molecule has 0 atom stereocenters. The van der Waals surface area contributed by atoms with Gasteiger partial charge in [0, 0.05) is 0 Å². The van der Waals surface area contributed by atoms with Crippen molar-refractivity contribution in [3.8, 4) is 11.5 Å². The first-order valence-corrected chi connectivity index (χ1v) is 6.40. The highest BCUT2D eigenvalue weighted by atomic mass is 16.5. The summed E-state index contributed by atoms with van der Waals surface area (Å²) in [6.45, 7) is 6.17. The summed E-state index contributed by atoms with van der Waals surface area (Å²) in [6, 6.07) is 6.06. The Bertz CT molecular complexity index is 326. The largest absolute Gasteiger partial charge is 0.490 e. The van der Waals surface area contributed by atoms with Gasteiger partial charge in [0.1, 0.15) is 0 Å². The quantitative estimate of drug-likeness (QED) is 0.707. The van der Waals surface area contributed by atoms with E-state index in [2.05, 4.69) is 13.0 Å². The van der Waals surface area contributed by atoms with Gasteiger partial charge in [-0.15, -0.1) is 0 Å². The van der Waals surface area contributed by atoms with Gasteiger partial charge in [-0.3, -0.25) is 0 Å². The third kappa shape index (κ3) is 4.65. The van der Waals surface area contributed by atoms with Crippen molar-refractivity contribution >= 4 is 0 Å². The summed E-state index contributed by atoms with van der Waals surface area (Å²) in [5.41, 5.74) is 6.74. The first-order valence-electron chi connectivity index (χ1n) is 6.40. The van der Waals surface area contributed by atoms with Gasteiger partial charge in [-0.2, -0.15) is 0 Å². The predicted octanol–water partition coefficient (Wildman–Crippen LogP) is 2.77. The van der Waals surface area contributed by atoms with Gasteiger partial charge in [-0.25, -0.2) is 0 Å². The zero-order chi connectivity index (χ0) is 12.5. The predicted molar refractivity (Wildman–Crippen MR) is 70.8 cm³/mol. The average molecular weight is 237 g/mol. The van der Waals surface area contributed by atoms with E-state index in [9.17, 15) is 0 Å². The Hall–Kier alpha value is -1.22. The zero-order valence-corrected chi connectivity index (χ0v) is 10.9. The van der Waals surface area contributed by atoms with Crippen molar-refractivity contribution in [1.82, 2.24) is 0 Å². The topological polar surface area (TPSA) is 44.5 Å². The van der Waals surface area contributed by atoms with Crippen LogP contribution in [-0.2, 0) is 6.42 Å². The van der Waals surface area contributed by atoms with E-state index in [1.165, 1.54) is 5.56 Å². The van der Waals surface area contributed by atoms with Gasteiger partial charge in [0.15, 0.2) is 11.5 Å². The molecular weight excluding hydrogens is 214 g/mol. The van der Waals surface area contributed by atoms with Gasteiger partial charge in [-0.1, -0.05) is 19.4 Å². The fourth-order valence-electron chi connectivity index (χ4n) is 1.59. The van der Waals surface area contributed by atoms with Crippen LogP contribution in [0.3, 0.4) is 0 Å². The third-order valence-electron chi connectivity index (χ3n) is 2.50. The molecule has 0 aromatic heterocycles. The van der Waals surface area contributed by atoms with Crippen LogP contribution in [0.5, 0.6) is 11.5 Å². The fraction of sp³-hybridized carbons (Fsp3) is 0.571. The third-order valence-corrected chi connectivity index (χ3v) is 2.50. The Balaban J connectivity index is 2.72. The van der Waals surface area contributed by atoms with E-state index in [1.54, 1.807) is 0 Å². The highest BCUT2D eigenvalue weighted by Gasteiger charge is 2.06. The van der Waals surface area contributed by atoms with Crippen molar-refractivity contribution in [3.05, 3.63) is 23.8 Å². The number of benzene rings is 1. The molecule has 0 unspecified atom stereocenters. The number of nitrogens with two attached hydrogens (primary N) is 1. The number of rotatable bonds is 8. The second kappa shape index (κ2) is 7.96. The first kappa shape index (κ1) is 13.8. The van der Waals surface area contributed by atoms with Crippen LogP contribution in [0.2, 0.25) is 0 Å². The summed E-state index contributed by atoms with van der Waals surface area (Å²) in [7, 11) is 0. The molecule has 0 saturated heterocycles. The molecule has 0 amide bonds. The Morgan fingerprint density at radius 2 is 1.94 bits per heavy atom. The van der Waals surface area contributed by atoms with Gasteiger partial charge in [0.2, 0.25) is 0 Å². The molecule has 2 N–H and O–H groups in total. The minimum absolute atomic E-state index is 0.649. The van der Waals surface area contributed by atoms with Crippen molar-refractivity contribution in [3.63, 3.8) is 0 Å². The normalized spacial score (nSPS) is 10.3. The molecule has 3 nitrogen and oxygen atoms in total. The molecule has 0 aliphatic heterocycles. The molecule has 0 bridgehead atoms. The number of ether oxygens (including phenoxy) is 2. The van der Waals surface area contributed by atoms with Crippen LogP contribution in [0.4, 0.5) is 0 Å². The standard InChI is InChI=1S/C14H23NO2/c1-3-5-10-17-13-7-6-12(8-9-15)11-14(13)16-4-2/h6-7,11H,3-5,8-10,15H2,1-2H3. The summed E-state index contributed by atoms with van der Waals surface area (Å²) < 4.78 is 11.3. The van der Waals surface area contributed by atoms with E-state index < -0.39 is 0 Å². The minimum atomic E-state index is 0.649. The summed E-state index contributed by atoms with van der Waals surface area (Å²) >= 11 is 0. The van der Waals surface area contributed by atoms with Gasteiger partial charge in [0.25, 0.3) is 0 Å². The lowest BCUT2D eigenvalue weighted by Crippen LogP contribution is -2.04. The van der Waals surface area contributed by atoms with E-state index in [-0.39, 0.29) is 0 Å². The lowest BCUT2D eigenvalue weighted by molar-refractivity contribution is 0.272. The maximum Gasteiger partial charge on any atom is 0.161 e. The highest BCUT2D eigenvalue weighted by Crippen LogP contribution is 2.28. The average Bonchev–Trinajstić information content (AvgIpc) is 2.33. The molecule has 0 aliphatic carbocycles. The summed E-state index contributed by atoms with van der Waals surface area (Å²) in [4.78, 5) is 0. The minimum Gasteiger partial charge on any atom is -0.490 e. The first-order chi connectivity index (χ1) is 8.31. The van der Waals surface area contributed by atoms with Crippen LogP contribution in [0.15, 0.2) is 18.2 Å². The molecule has 0 spiro atoms. The SMILES string of the molecule is CCCCOc1ccc(CCN)cc1OCC. The molecule has 0 fully saturated rings. The molecule has 0 saturated carbocycles. The Kier molecular flexibility index (Phi) is 6.48. The van der Waals surface area contributed by atoms with E-state index in [0.29, 0.717) is 13.2 Å².